The first-order chi connectivity index (χ1) is 5.38. The maximum absolute atomic E-state index is 3.55. The first-order valence-electron chi connectivity index (χ1n) is 5.11. The van der Waals surface area contributed by atoms with E-state index in [-0.39, 0.29) is 0 Å². The van der Waals surface area contributed by atoms with Gasteiger partial charge in [0.15, 0.2) is 0 Å². The number of hydrogen-bond donors (Lipinski definition) is 1. The summed E-state index contributed by atoms with van der Waals surface area (Å²) in [6.45, 7) is 14.8. The third-order valence-electron chi connectivity index (χ3n) is 2.20. The normalized spacial score (nSPS) is 15.2. The Kier molecular flexibility index (Phi) is 4.84. The van der Waals surface area contributed by atoms with Gasteiger partial charge in [-0.25, -0.2) is 0 Å². The Balaban J connectivity index is 4.04. The molecule has 1 heteroatoms. The fourth-order valence-corrected chi connectivity index (χ4v) is 1.46. The zero-order valence-electron chi connectivity index (χ0n) is 9.57. The minimum Gasteiger partial charge on any atom is -0.314 e. The van der Waals surface area contributed by atoms with Crippen molar-refractivity contribution in [3.05, 3.63) is 0 Å². The minimum atomic E-state index is 0.389. The van der Waals surface area contributed by atoms with E-state index in [2.05, 4.69) is 46.9 Å². The summed E-state index contributed by atoms with van der Waals surface area (Å²) in [5.41, 5.74) is 0.389. The van der Waals surface area contributed by atoms with Crippen molar-refractivity contribution in [1.82, 2.24) is 5.32 Å². The molecule has 0 aliphatic rings. The summed E-state index contributed by atoms with van der Waals surface area (Å²) in [4.78, 5) is 0. The lowest BCUT2D eigenvalue weighted by Crippen LogP contribution is -2.41. The number of nitrogens with one attached hydrogen (secondary N) is 1. The van der Waals surface area contributed by atoms with Gasteiger partial charge in [-0.2, -0.15) is 0 Å². The smallest absolute Gasteiger partial charge is 0.0118 e. The summed E-state index contributed by atoms with van der Waals surface area (Å²) >= 11 is 0. The van der Waals surface area contributed by atoms with Crippen LogP contribution in [0.4, 0.5) is 0 Å². The Morgan fingerprint density at radius 2 is 1.67 bits per heavy atom. The average Bonchev–Trinajstić information content (AvgIpc) is 1.83. The molecular formula is C11H25N. The molecule has 0 saturated heterocycles. The first kappa shape index (κ1) is 12.0. The SMILES string of the molecule is CCNC(CC(C)C)C(C)(C)C. The number of rotatable bonds is 4. The van der Waals surface area contributed by atoms with Gasteiger partial charge >= 0.3 is 0 Å². The third-order valence-corrected chi connectivity index (χ3v) is 2.20. The van der Waals surface area contributed by atoms with Crippen molar-refractivity contribution >= 4 is 0 Å². The van der Waals surface area contributed by atoms with E-state index >= 15 is 0 Å². The highest BCUT2D eigenvalue weighted by Gasteiger charge is 2.23. The standard InChI is InChI=1S/C11H25N/c1-7-12-10(8-9(2)3)11(4,5)6/h9-10,12H,7-8H2,1-6H3. The van der Waals surface area contributed by atoms with Crippen LogP contribution in [0.1, 0.15) is 48.0 Å². The van der Waals surface area contributed by atoms with Gasteiger partial charge in [-0.1, -0.05) is 41.5 Å². The Morgan fingerprint density at radius 1 is 1.17 bits per heavy atom. The van der Waals surface area contributed by atoms with Gasteiger partial charge < -0.3 is 5.32 Å². The maximum atomic E-state index is 3.55. The molecule has 0 spiro atoms. The lowest BCUT2D eigenvalue weighted by Gasteiger charge is -2.32. The van der Waals surface area contributed by atoms with E-state index in [4.69, 9.17) is 0 Å². The summed E-state index contributed by atoms with van der Waals surface area (Å²) < 4.78 is 0. The summed E-state index contributed by atoms with van der Waals surface area (Å²) in [6.07, 6.45) is 1.28. The van der Waals surface area contributed by atoms with Crippen LogP contribution in [-0.2, 0) is 0 Å². The van der Waals surface area contributed by atoms with Crippen molar-refractivity contribution in [2.75, 3.05) is 6.54 Å². The topological polar surface area (TPSA) is 12.0 Å². The summed E-state index contributed by atoms with van der Waals surface area (Å²) in [7, 11) is 0. The van der Waals surface area contributed by atoms with Crippen LogP contribution in [-0.4, -0.2) is 12.6 Å². The summed E-state index contributed by atoms with van der Waals surface area (Å²) in [6, 6.07) is 0.655. The Labute approximate surface area is 77.9 Å². The molecule has 1 N–H and O–H groups in total. The van der Waals surface area contributed by atoms with Gasteiger partial charge in [0.1, 0.15) is 0 Å². The third kappa shape index (κ3) is 4.76. The van der Waals surface area contributed by atoms with Crippen LogP contribution in [0.25, 0.3) is 0 Å². The van der Waals surface area contributed by atoms with E-state index in [9.17, 15) is 0 Å². The molecule has 12 heavy (non-hydrogen) atoms. The van der Waals surface area contributed by atoms with E-state index in [1.165, 1.54) is 6.42 Å². The first-order valence-corrected chi connectivity index (χ1v) is 5.11. The predicted molar refractivity (Wildman–Crippen MR) is 56.4 cm³/mol. The van der Waals surface area contributed by atoms with Gasteiger partial charge in [0.2, 0.25) is 0 Å². The molecule has 0 heterocycles. The monoisotopic (exact) mass is 171 g/mol. The lowest BCUT2D eigenvalue weighted by molar-refractivity contribution is 0.237. The van der Waals surface area contributed by atoms with Crippen molar-refractivity contribution in [3.8, 4) is 0 Å². The molecule has 0 radical (unpaired) electrons. The second-order valence-corrected chi connectivity index (χ2v) is 5.11. The molecule has 0 aliphatic heterocycles. The van der Waals surface area contributed by atoms with E-state index in [0.717, 1.165) is 12.5 Å². The van der Waals surface area contributed by atoms with Gasteiger partial charge in [0.05, 0.1) is 0 Å². The second-order valence-electron chi connectivity index (χ2n) is 5.11. The van der Waals surface area contributed by atoms with E-state index < -0.39 is 0 Å². The zero-order valence-corrected chi connectivity index (χ0v) is 9.57. The Morgan fingerprint density at radius 3 is 1.92 bits per heavy atom. The van der Waals surface area contributed by atoms with Gasteiger partial charge in [-0.15, -0.1) is 0 Å². The predicted octanol–water partition coefficient (Wildman–Crippen LogP) is 3.06. The van der Waals surface area contributed by atoms with E-state index in [1.54, 1.807) is 0 Å². The molecule has 0 aliphatic carbocycles. The fraction of sp³-hybridized carbons (Fsp3) is 1.00. The molecule has 0 bridgehead atoms. The molecule has 0 aromatic rings. The van der Waals surface area contributed by atoms with Crippen molar-refractivity contribution in [2.45, 2.75) is 54.0 Å². The van der Waals surface area contributed by atoms with Crippen molar-refractivity contribution in [1.29, 1.82) is 0 Å². The van der Waals surface area contributed by atoms with Crippen molar-refractivity contribution < 1.29 is 0 Å². The molecule has 0 aromatic carbocycles. The van der Waals surface area contributed by atoms with Crippen LogP contribution >= 0.6 is 0 Å². The minimum absolute atomic E-state index is 0.389. The number of hydrogen-bond acceptors (Lipinski definition) is 1. The molecule has 0 fully saturated rings. The Hall–Kier alpha value is -0.0400. The molecule has 1 atom stereocenters. The van der Waals surface area contributed by atoms with Gasteiger partial charge in [-0.05, 0) is 24.3 Å². The maximum Gasteiger partial charge on any atom is 0.0118 e. The van der Waals surface area contributed by atoms with Crippen LogP contribution in [0.2, 0.25) is 0 Å². The highest BCUT2D eigenvalue weighted by atomic mass is 14.9. The molecule has 1 nitrogen and oxygen atoms in total. The van der Waals surface area contributed by atoms with Crippen LogP contribution in [0, 0.1) is 11.3 Å². The highest BCUT2D eigenvalue weighted by Crippen LogP contribution is 2.24. The molecule has 0 saturated carbocycles. The molecule has 0 rings (SSSR count). The molecule has 0 amide bonds. The van der Waals surface area contributed by atoms with Crippen LogP contribution in [0.3, 0.4) is 0 Å². The quantitative estimate of drug-likeness (QED) is 0.685. The summed E-state index contributed by atoms with van der Waals surface area (Å²) in [5.74, 6) is 0.785. The molecule has 0 aromatic heterocycles. The summed E-state index contributed by atoms with van der Waals surface area (Å²) in [5, 5.41) is 3.55. The largest absolute Gasteiger partial charge is 0.314 e. The molecule has 74 valence electrons. The fourth-order valence-electron chi connectivity index (χ4n) is 1.46. The van der Waals surface area contributed by atoms with Crippen LogP contribution < -0.4 is 5.32 Å². The lowest BCUT2D eigenvalue weighted by atomic mass is 9.82. The van der Waals surface area contributed by atoms with Crippen molar-refractivity contribution in [2.24, 2.45) is 11.3 Å². The van der Waals surface area contributed by atoms with Crippen LogP contribution in [0.5, 0.6) is 0 Å². The van der Waals surface area contributed by atoms with E-state index in [0.29, 0.717) is 11.5 Å². The Bertz CT molecular complexity index is 111. The van der Waals surface area contributed by atoms with Gasteiger partial charge in [0.25, 0.3) is 0 Å². The molecule has 1 unspecified atom stereocenters. The van der Waals surface area contributed by atoms with Gasteiger partial charge in [0, 0.05) is 6.04 Å². The molecular weight excluding hydrogens is 146 g/mol. The zero-order chi connectivity index (χ0) is 9.78. The van der Waals surface area contributed by atoms with Crippen LogP contribution in [0.15, 0.2) is 0 Å². The van der Waals surface area contributed by atoms with Crippen molar-refractivity contribution in [3.63, 3.8) is 0 Å². The van der Waals surface area contributed by atoms with Gasteiger partial charge in [-0.3, -0.25) is 0 Å². The average molecular weight is 171 g/mol. The highest BCUT2D eigenvalue weighted by molar-refractivity contribution is 4.80. The van der Waals surface area contributed by atoms with E-state index in [1.807, 2.05) is 0 Å². The second kappa shape index (κ2) is 4.86.